The van der Waals surface area contributed by atoms with E-state index in [1.54, 1.807) is 12.4 Å². The van der Waals surface area contributed by atoms with Gasteiger partial charge >= 0.3 is 0 Å². The Balaban J connectivity index is 1.20. The molecule has 0 radical (unpaired) electrons. The Morgan fingerprint density at radius 2 is 1.86 bits per heavy atom. The van der Waals surface area contributed by atoms with E-state index >= 15 is 0 Å². The predicted octanol–water partition coefficient (Wildman–Crippen LogP) is 2.63. The van der Waals surface area contributed by atoms with Gasteiger partial charge in [0.1, 0.15) is 23.7 Å². The summed E-state index contributed by atoms with van der Waals surface area (Å²) in [6.45, 7) is 4.18. The number of H-pyrrole nitrogens is 1. The standard InChI is InChI=1S/C23H27N11O/c1-33-4-6-34(7-5-33)22-10-20(27-21-9-18(30-31-21)15-2-3-15)28-23(29-22)26-13-17-8-19(32-35-17)16-11-24-14-25-12-16/h8-12,14-15H,2-7,13H2,1H3,(H3,26,27,28,29,30,31). The SMILES string of the molecule is CN1CCN(c2cc(Nc3cc(C4CC4)[nH]n3)nc(NCc3cc(-c4cncnc4)no3)n2)CC1. The van der Waals surface area contributed by atoms with Crippen LogP contribution in [0.15, 0.2) is 41.4 Å². The van der Waals surface area contributed by atoms with E-state index in [9.17, 15) is 0 Å². The highest BCUT2D eigenvalue weighted by molar-refractivity contribution is 5.60. The molecule has 12 heteroatoms. The number of nitrogens with zero attached hydrogens (tertiary/aromatic N) is 8. The predicted molar refractivity (Wildman–Crippen MR) is 130 cm³/mol. The van der Waals surface area contributed by atoms with Gasteiger partial charge in [-0.1, -0.05) is 5.16 Å². The van der Waals surface area contributed by atoms with Crippen LogP contribution < -0.4 is 15.5 Å². The highest BCUT2D eigenvalue weighted by atomic mass is 16.5. The molecule has 6 rings (SSSR count). The fraction of sp³-hybridized carbons (Fsp3) is 0.391. The molecule has 0 spiro atoms. The molecule has 1 saturated heterocycles. The molecular formula is C23H27N11O. The fourth-order valence-corrected chi connectivity index (χ4v) is 4.04. The van der Waals surface area contributed by atoms with Gasteiger partial charge in [0.25, 0.3) is 0 Å². The smallest absolute Gasteiger partial charge is 0.227 e. The Morgan fingerprint density at radius 1 is 1.03 bits per heavy atom. The van der Waals surface area contributed by atoms with Gasteiger partial charge < -0.3 is 25.0 Å². The number of piperazine rings is 1. The number of aromatic amines is 1. The van der Waals surface area contributed by atoms with Crippen LogP contribution in [0.3, 0.4) is 0 Å². The Labute approximate surface area is 202 Å². The second-order valence-electron chi connectivity index (χ2n) is 8.99. The number of rotatable bonds is 8. The van der Waals surface area contributed by atoms with Gasteiger partial charge in [-0.05, 0) is 19.9 Å². The molecule has 1 aliphatic heterocycles. The third-order valence-electron chi connectivity index (χ3n) is 6.25. The maximum Gasteiger partial charge on any atom is 0.227 e. The van der Waals surface area contributed by atoms with E-state index in [0.717, 1.165) is 43.4 Å². The second-order valence-corrected chi connectivity index (χ2v) is 8.99. The van der Waals surface area contributed by atoms with Crippen molar-refractivity contribution in [1.29, 1.82) is 0 Å². The molecule has 0 unspecified atom stereocenters. The molecule has 12 nitrogen and oxygen atoms in total. The summed E-state index contributed by atoms with van der Waals surface area (Å²) in [5.74, 6) is 4.08. The van der Waals surface area contributed by atoms with Crippen LogP contribution in [0.5, 0.6) is 0 Å². The highest BCUT2D eigenvalue weighted by Gasteiger charge is 2.25. The van der Waals surface area contributed by atoms with Crippen LogP contribution in [-0.4, -0.2) is 73.4 Å². The lowest BCUT2D eigenvalue weighted by Crippen LogP contribution is -2.44. The normalized spacial score (nSPS) is 16.4. The van der Waals surface area contributed by atoms with Crippen LogP contribution in [-0.2, 0) is 6.54 Å². The lowest BCUT2D eigenvalue weighted by Gasteiger charge is -2.33. The van der Waals surface area contributed by atoms with E-state index in [1.807, 2.05) is 12.1 Å². The first-order chi connectivity index (χ1) is 17.2. The van der Waals surface area contributed by atoms with Gasteiger partial charge in [0.15, 0.2) is 11.6 Å². The van der Waals surface area contributed by atoms with E-state index < -0.39 is 0 Å². The molecule has 0 aromatic carbocycles. The quantitative estimate of drug-likeness (QED) is 0.348. The number of likely N-dealkylation sites (N-methyl/N-ethyl adjacent to an activating group) is 1. The van der Waals surface area contributed by atoms with Crippen LogP contribution in [0.4, 0.5) is 23.4 Å². The van der Waals surface area contributed by atoms with Gasteiger partial charge in [-0.3, -0.25) is 5.10 Å². The summed E-state index contributed by atoms with van der Waals surface area (Å²) in [4.78, 5) is 22.1. The molecule has 0 amide bonds. The lowest BCUT2D eigenvalue weighted by atomic mass is 10.2. The molecule has 3 N–H and O–H groups in total. The Morgan fingerprint density at radius 3 is 2.66 bits per heavy atom. The van der Waals surface area contributed by atoms with Crippen molar-refractivity contribution in [1.82, 2.24) is 40.2 Å². The van der Waals surface area contributed by atoms with E-state index in [1.165, 1.54) is 24.9 Å². The zero-order valence-electron chi connectivity index (χ0n) is 19.5. The third-order valence-corrected chi connectivity index (χ3v) is 6.25. The molecule has 2 aliphatic rings. The summed E-state index contributed by atoms with van der Waals surface area (Å²) >= 11 is 0. The lowest BCUT2D eigenvalue weighted by molar-refractivity contribution is 0.312. The molecule has 180 valence electrons. The van der Waals surface area contributed by atoms with Gasteiger partial charge in [0.2, 0.25) is 5.95 Å². The van der Waals surface area contributed by atoms with Gasteiger partial charge in [-0.2, -0.15) is 15.1 Å². The van der Waals surface area contributed by atoms with Crippen molar-refractivity contribution in [3.63, 3.8) is 0 Å². The Bertz CT molecular complexity index is 1280. The van der Waals surface area contributed by atoms with Gasteiger partial charge in [-0.15, -0.1) is 0 Å². The monoisotopic (exact) mass is 473 g/mol. The van der Waals surface area contributed by atoms with Gasteiger partial charge in [-0.25, -0.2) is 9.97 Å². The third kappa shape index (κ3) is 5.06. The first-order valence-corrected chi connectivity index (χ1v) is 11.8. The number of hydrogen-bond donors (Lipinski definition) is 3. The summed E-state index contributed by atoms with van der Waals surface area (Å²) in [5, 5.41) is 18.3. The first-order valence-electron chi connectivity index (χ1n) is 11.8. The fourth-order valence-electron chi connectivity index (χ4n) is 4.04. The van der Waals surface area contributed by atoms with Crippen molar-refractivity contribution in [2.75, 3.05) is 48.8 Å². The molecule has 1 aliphatic carbocycles. The van der Waals surface area contributed by atoms with Crippen molar-refractivity contribution < 1.29 is 4.52 Å². The maximum atomic E-state index is 5.49. The van der Waals surface area contributed by atoms with E-state index in [2.05, 4.69) is 63.9 Å². The zero-order chi connectivity index (χ0) is 23.6. The van der Waals surface area contributed by atoms with Gasteiger partial charge in [0, 0.05) is 73.9 Å². The average Bonchev–Trinajstić information content (AvgIpc) is 3.44. The van der Waals surface area contributed by atoms with Crippen molar-refractivity contribution in [2.24, 2.45) is 0 Å². The Kier molecular flexibility index (Phi) is 5.70. The zero-order valence-corrected chi connectivity index (χ0v) is 19.5. The topological polar surface area (TPSA) is 137 Å². The minimum atomic E-state index is 0.389. The summed E-state index contributed by atoms with van der Waals surface area (Å²) in [6.07, 6.45) is 7.32. The van der Waals surface area contributed by atoms with E-state index in [4.69, 9.17) is 9.51 Å². The molecule has 1 saturated carbocycles. The molecule has 2 fully saturated rings. The number of nitrogens with one attached hydrogen (secondary N) is 3. The largest absolute Gasteiger partial charge is 0.359 e. The molecule has 5 heterocycles. The molecule has 4 aromatic heterocycles. The Hall–Kier alpha value is -4.06. The van der Waals surface area contributed by atoms with Crippen LogP contribution in [0.25, 0.3) is 11.3 Å². The van der Waals surface area contributed by atoms with Crippen molar-refractivity contribution >= 4 is 23.4 Å². The van der Waals surface area contributed by atoms with Crippen LogP contribution >= 0.6 is 0 Å². The second kappa shape index (κ2) is 9.29. The highest BCUT2D eigenvalue weighted by Crippen LogP contribution is 2.39. The summed E-state index contributed by atoms with van der Waals surface area (Å²) < 4.78 is 5.49. The summed E-state index contributed by atoms with van der Waals surface area (Å²) in [6, 6.07) is 5.90. The van der Waals surface area contributed by atoms with Crippen molar-refractivity contribution in [3.05, 3.63) is 48.4 Å². The first kappa shape index (κ1) is 21.5. The number of hydrogen-bond acceptors (Lipinski definition) is 11. The van der Waals surface area contributed by atoms with Crippen LogP contribution in [0, 0.1) is 0 Å². The molecule has 0 bridgehead atoms. The summed E-state index contributed by atoms with van der Waals surface area (Å²) in [7, 11) is 2.14. The van der Waals surface area contributed by atoms with Gasteiger partial charge in [0.05, 0.1) is 6.54 Å². The molecule has 0 atom stereocenters. The minimum Gasteiger partial charge on any atom is -0.359 e. The maximum absolute atomic E-state index is 5.49. The van der Waals surface area contributed by atoms with Crippen LogP contribution in [0.2, 0.25) is 0 Å². The molecule has 35 heavy (non-hydrogen) atoms. The van der Waals surface area contributed by atoms with E-state index in [-0.39, 0.29) is 0 Å². The minimum absolute atomic E-state index is 0.389. The summed E-state index contributed by atoms with van der Waals surface area (Å²) in [5.41, 5.74) is 2.65. The van der Waals surface area contributed by atoms with Crippen molar-refractivity contribution in [3.8, 4) is 11.3 Å². The average molecular weight is 474 g/mol. The number of aromatic nitrogens is 7. The molecule has 4 aromatic rings. The van der Waals surface area contributed by atoms with Crippen molar-refractivity contribution in [2.45, 2.75) is 25.3 Å². The number of anilines is 4. The van der Waals surface area contributed by atoms with Crippen LogP contribution in [0.1, 0.15) is 30.2 Å². The van der Waals surface area contributed by atoms with E-state index in [0.29, 0.717) is 35.7 Å². The molecular weight excluding hydrogens is 446 g/mol.